The molecule has 1 unspecified atom stereocenters. The number of hydrogen-bond donors (Lipinski definition) is 5. The van der Waals surface area contributed by atoms with E-state index in [4.69, 9.17) is 39.3 Å². The maximum Gasteiger partial charge on any atom is 0.490 e. The summed E-state index contributed by atoms with van der Waals surface area (Å²) in [6.07, 6.45) is 1.43. The molecule has 6 aromatic rings. The second-order valence-corrected chi connectivity index (χ2v) is 17.3. The average molecular weight is 983 g/mol. The van der Waals surface area contributed by atoms with E-state index in [1.807, 2.05) is 92.8 Å². The summed E-state index contributed by atoms with van der Waals surface area (Å²) < 4.78 is 42.4. The van der Waals surface area contributed by atoms with Gasteiger partial charge in [-0.15, -0.1) is 0 Å². The Bertz CT molecular complexity index is 2840. The van der Waals surface area contributed by atoms with E-state index in [9.17, 15) is 37.5 Å². The summed E-state index contributed by atoms with van der Waals surface area (Å²) in [4.78, 5) is 90.9. The van der Waals surface area contributed by atoms with Crippen LogP contribution in [0, 0.1) is 5.92 Å². The molecule has 2 aliphatic heterocycles. The first-order chi connectivity index (χ1) is 33.9. The highest BCUT2D eigenvalue weighted by Gasteiger charge is 2.41. The molecule has 5 N–H and O–H groups in total. The molecule has 71 heavy (non-hydrogen) atoms. The zero-order chi connectivity index (χ0) is 51.0. The first kappa shape index (κ1) is 51.0. The molecule has 8 rings (SSSR count). The number of methoxy groups -OCH3 is 1. The van der Waals surface area contributed by atoms with E-state index in [0.29, 0.717) is 49.0 Å². The van der Waals surface area contributed by atoms with Crippen LogP contribution in [0.25, 0.3) is 44.8 Å². The molecule has 2 saturated heterocycles. The van der Waals surface area contributed by atoms with E-state index in [2.05, 4.69) is 15.3 Å². The summed E-state index contributed by atoms with van der Waals surface area (Å²) in [5, 5.41) is 19.4. The zero-order valence-electron chi connectivity index (χ0n) is 39.2. The molecule has 4 atom stereocenters. The maximum absolute atomic E-state index is 13.9. The van der Waals surface area contributed by atoms with Crippen LogP contribution in [0.4, 0.5) is 22.8 Å². The van der Waals surface area contributed by atoms with Crippen LogP contribution in [0.1, 0.15) is 68.8 Å². The second kappa shape index (κ2) is 22.3. The lowest BCUT2D eigenvalue weighted by Gasteiger charge is -2.33. The van der Waals surface area contributed by atoms with Crippen molar-refractivity contribution >= 4 is 41.0 Å². The van der Waals surface area contributed by atoms with Gasteiger partial charge in [-0.05, 0) is 49.3 Å². The Kier molecular flexibility index (Phi) is 16.0. The number of alkyl carbamates (subject to hydrolysis) is 1. The third kappa shape index (κ3) is 12.1. The zero-order valence-corrected chi connectivity index (χ0v) is 39.2. The Hall–Kier alpha value is -7.88. The van der Waals surface area contributed by atoms with Crippen molar-refractivity contribution in [2.24, 2.45) is 5.92 Å². The number of carboxylic acid groups (broad SMARTS) is 2. The molecule has 0 bridgehead atoms. The lowest BCUT2D eigenvalue weighted by Crippen LogP contribution is -2.51. The van der Waals surface area contributed by atoms with Gasteiger partial charge in [-0.3, -0.25) is 19.5 Å². The van der Waals surface area contributed by atoms with Gasteiger partial charge in [0.1, 0.15) is 23.7 Å². The molecular weight excluding hydrogens is 930 g/mol. The number of nitrogens with zero attached hydrogens (tertiary/aromatic N) is 7. The molecule has 3 aromatic carbocycles. The van der Waals surface area contributed by atoms with Crippen LogP contribution in [-0.4, -0.2) is 137 Å². The number of H-pyrrole nitrogens is 2. The van der Waals surface area contributed by atoms with Crippen molar-refractivity contribution in [1.29, 1.82) is 0 Å². The van der Waals surface area contributed by atoms with E-state index in [1.165, 1.54) is 14.2 Å². The fraction of sp³-hybridized carbons (Fsp3) is 0.367. The first-order valence-electron chi connectivity index (χ1n) is 22.7. The Morgan fingerprint density at radius 1 is 0.817 bits per heavy atom. The van der Waals surface area contributed by atoms with E-state index >= 15 is 0 Å². The van der Waals surface area contributed by atoms with Crippen LogP contribution >= 0.6 is 0 Å². The van der Waals surface area contributed by atoms with Crippen LogP contribution in [0.5, 0.6) is 0 Å². The Morgan fingerprint density at radius 3 is 2.06 bits per heavy atom. The van der Waals surface area contributed by atoms with Crippen molar-refractivity contribution in [3.8, 4) is 33.8 Å². The molecule has 2 aliphatic rings. The Morgan fingerprint density at radius 2 is 1.44 bits per heavy atom. The number of nitrogens with one attached hydrogen (secondary N) is 3. The minimum Gasteiger partial charge on any atom is -0.475 e. The minimum atomic E-state index is -5.08. The topological polar surface area (TPSA) is 249 Å². The third-order valence-corrected chi connectivity index (χ3v) is 12.2. The van der Waals surface area contributed by atoms with E-state index < -0.39 is 36.4 Å². The molecule has 5 heterocycles. The fourth-order valence-electron chi connectivity index (χ4n) is 8.70. The van der Waals surface area contributed by atoms with Gasteiger partial charge in [0.25, 0.3) is 0 Å². The fourth-order valence-corrected chi connectivity index (χ4v) is 8.70. The number of carboxylic acids is 1. The smallest absolute Gasteiger partial charge is 0.475 e. The van der Waals surface area contributed by atoms with Crippen molar-refractivity contribution in [1.82, 2.24) is 49.9 Å². The van der Waals surface area contributed by atoms with E-state index in [1.54, 1.807) is 22.2 Å². The molecule has 0 saturated carbocycles. The highest BCUT2D eigenvalue weighted by Crippen LogP contribution is 2.35. The summed E-state index contributed by atoms with van der Waals surface area (Å²) >= 11 is 0. The second-order valence-electron chi connectivity index (χ2n) is 17.3. The van der Waals surface area contributed by atoms with Gasteiger partial charge in [-0.25, -0.2) is 29.3 Å². The van der Waals surface area contributed by atoms with Crippen molar-refractivity contribution in [2.45, 2.75) is 76.5 Å². The number of amides is 4. The van der Waals surface area contributed by atoms with Crippen LogP contribution in [0.3, 0.4) is 0 Å². The third-order valence-electron chi connectivity index (χ3n) is 12.2. The van der Waals surface area contributed by atoms with Gasteiger partial charge >= 0.3 is 24.3 Å². The number of aliphatic carboxylic acids is 1. The number of carbonyl (C=O) groups is 5. The monoisotopic (exact) mass is 982 g/mol. The predicted molar refractivity (Wildman–Crippen MR) is 251 cm³/mol. The van der Waals surface area contributed by atoms with Crippen LogP contribution < -0.4 is 5.32 Å². The number of halogens is 3. The van der Waals surface area contributed by atoms with Crippen molar-refractivity contribution < 1.29 is 56.8 Å². The Balaban J connectivity index is 0.000000985. The quantitative estimate of drug-likeness (QED) is 0.0706. The number of alkyl halides is 3. The highest BCUT2D eigenvalue weighted by atomic mass is 19.4. The number of imidazole rings is 2. The molecule has 374 valence electrons. The lowest BCUT2D eigenvalue weighted by atomic mass is 10.0. The molecule has 0 aliphatic carbocycles. The molecule has 4 amide bonds. The molecule has 0 radical (unpaired) electrons. The number of aromatic nitrogens is 6. The summed E-state index contributed by atoms with van der Waals surface area (Å²) in [6, 6.07) is 21.0. The molecule has 22 heteroatoms. The molecule has 3 aromatic heterocycles. The summed E-state index contributed by atoms with van der Waals surface area (Å²) in [5.41, 5.74) is 7.23. The SMILES string of the molecule is COC(=O)N[C@H](COCc1ccccc1)C(=O)N1CCC[C@H]1c1ncc(-c2ccc3nc(-c4ccc(-c5c[nH]c([C@@H]6CCCN6C(=O)C(C(C)C)N(C)C(=O)O)n5)cc4)cnc3c2)[nH]1.O=C(O)C(F)(F)F. The van der Waals surface area contributed by atoms with Gasteiger partial charge in [0.15, 0.2) is 0 Å². The van der Waals surface area contributed by atoms with Crippen molar-refractivity contribution in [3.05, 3.63) is 109 Å². The molecule has 19 nitrogen and oxygen atoms in total. The van der Waals surface area contributed by atoms with Crippen LogP contribution in [0.15, 0.2) is 91.4 Å². The Labute approximate surface area is 405 Å². The number of likely N-dealkylation sites (N-methyl/N-ethyl adjacent to an activating group) is 1. The summed E-state index contributed by atoms with van der Waals surface area (Å²) in [5.74, 6) is -2.11. The van der Waals surface area contributed by atoms with Crippen LogP contribution in [-0.2, 0) is 30.5 Å². The van der Waals surface area contributed by atoms with Crippen molar-refractivity contribution in [3.63, 3.8) is 0 Å². The predicted octanol–water partition coefficient (Wildman–Crippen LogP) is 7.61. The van der Waals surface area contributed by atoms with E-state index in [-0.39, 0.29) is 36.4 Å². The first-order valence-corrected chi connectivity index (χ1v) is 22.7. The summed E-state index contributed by atoms with van der Waals surface area (Å²) in [6.45, 7) is 5.04. The highest BCUT2D eigenvalue weighted by molar-refractivity contribution is 5.87. The van der Waals surface area contributed by atoms with Gasteiger partial charge < -0.3 is 44.8 Å². The number of rotatable bonds is 14. The van der Waals surface area contributed by atoms with Gasteiger partial charge in [-0.2, -0.15) is 13.2 Å². The molecular formula is C49H53F3N10O9. The van der Waals surface area contributed by atoms with E-state index in [0.717, 1.165) is 63.3 Å². The number of carbonyl (C=O) groups excluding carboxylic acids is 3. The number of hydrogen-bond acceptors (Lipinski definition) is 11. The van der Waals surface area contributed by atoms with Crippen LogP contribution in [0.2, 0.25) is 0 Å². The lowest BCUT2D eigenvalue weighted by molar-refractivity contribution is -0.192. The number of ether oxygens (including phenoxy) is 2. The number of benzene rings is 3. The number of likely N-dealkylation sites (tertiary alicyclic amines) is 2. The van der Waals surface area contributed by atoms with Gasteiger partial charge in [0, 0.05) is 43.0 Å². The number of aromatic amines is 2. The standard InChI is InChI=1S/C47H52N10O7.C2HF3O2/c1-28(2)41(55(3)47(61)62)45(59)57-21-9-13-40(57)43-49-24-36(52-43)31-16-14-30(15-17-31)35-23-48-34-22-32(18-19-33(34)51-35)37-25-50-42(53-37)39-12-8-20-56(39)44(58)38(54-46(60)63-4)27-64-26-29-10-6-5-7-11-29;3-2(4,5)1(6)7/h5-7,10-11,14-19,22-25,28,38-41H,8-9,12-13,20-21,26-27H2,1-4H3,(H,49,52)(H,50,53)(H,54,60)(H,61,62);(H,6,7)/t38-,39+,40+,41?;/m1./s1. The van der Waals surface area contributed by atoms with Gasteiger partial charge in [0.05, 0.1) is 72.9 Å². The minimum absolute atomic E-state index is 0.0186. The molecule has 2 fully saturated rings. The normalized spacial score (nSPS) is 16.6. The summed E-state index contributed by atoms with van der Waals surface area (Å²) in [7, 11) is 2.70. The van der Waals surface area contributed by atoms with Gasteiger partial charge in [-0.1, -0.05) is 74.5 Å². The molecule has 0 spiro atoms. The largest absolute Gasteiger partial charge is 0.490 e. The number of fused-ring (bicyclic) bond motifs is 1. The average Bonchev–Trinajstić information content (AvgIpc) is 4.21. The maximum atomic E-state index is 13.9. The van der Waals surface area contributed by atoms with Gasteiger partial charge in [0.2, 0.25) is 11.8 Å². The van der Waals surface area contributed by atoms with Crippen molar-refractivity contribution in [2.75, 3.05) is 33.9 Å².